The van der Waals surface area contributed by atoms with Gasteiger partial charge in [0.25, 0.3) is 5.91 Å². The minimum Gasteiger partial charge on any atom is -0.493 e. The second kappa shape index (κ2) is 10.4. The zero-order valence-electron chi connectivity index (χ0n) is 14.8. The molecule has 1 aromatic heterocycles. The lowest BCUT2D eigenvalue weighted by Gasteiger charge is -2.18. The molecule has 1 N–H and O–H groups in total. The Labute approximate surface area is 160 Å². The number of hydrogen-bond donors (Lipinski definition) is 1. The topological polar surface area (TPSA) is 54.5 Å². The van der Waals surface area contributed by atoms with Crippen LogP contribution in [0.3, 0.4) is 0 Å². The van der Waals surface area contributed by atoms with E-state index in [1.165, 1.54) is 0 Å². The predicted molar refractivity (Wildman–Crippen MR) is 105 cm³/mol. The van der Waals surface area contributed by atoms with Gasteiger partial charge in [-0.3, -0.25) is 4.79 Å². The van der Waals surface area contributed by atoms with Gasteiger partial charge in [-0.05, 0) is 38.2 Å². The molecular weight excluding hydrogens is 361 g/mol. The van der Waals surface area contributed by atoms with Crippen molar-refractivity contribution in [2.75, 3.05) is 32.8 Å². The first-order valence-corrected chi connectivity index (χ1v) is 8.70. The molecule has 25 heavy (non-hydrogen) atoms. The Morgan fingerprint density at radius 1 is 1.24 bits per heavy atom. The second-order valence-electron chi connectivity index (χ2n) is 5.38. The first-order valence-electron chi connectivity index (χ1n) is 8.32. The zero-order chi connectivity index (χ0) is 17.5. The van der Waals surface area contributed by atoms with Gasteiger partial charge in [-0.1, -0.05) is 25.4 Å². The van der Waals surface area contributed by atoms with Gasteiger partial charge < -0.3 is 15.0 Å². The van der Waals surface area contributed by atoms with E-state index >= 15 is 0 Å². The average Bonchev–Trinajstić information content (AvgIpc) is 2.58. The molecule has 138 valence electrons. The molecule has 2 rings (SSSR count). The van der Waals surface area contributed by atoms with Crippen molar-refractivity contribution in [2.45, 2.75) is 20.8 Å². The third-order valence-corrected chi connectivity index (χ3v) is 4.11. The molecule has 0 bridgehead atoms. The van der Waals surface area contributed by atoms with E-state index in [4.69, 9.17) is 16.3 Å². The van der Waals surface area contributed by atoms with Crippen molar-refractivity contribution in [3.05, 3.63) is 35.0 Å². The molecule has 1 aromatic carbocycles. The Balaban J connectivity index is 0.00000312. The van der Waals surface area contributed by atoms with Gasteiger partial charge in [0, 0.05) is 29.6 Å². The predicted octanol–water partition coefficient (Wildman–Crippen LogP) is 3.78. The number of halogens is 2. The lowest BCUT2D eigenvalue weighted by molar-refractivity contribution is 0.0944. The number of hydrogen-bond acceptors (Lipinski definition) is 4. The molecule has 7 heteroatoms. The summed E-state index contributed by atoms with van der Waals surface area (Å²) in [5.41, 5.74) is 0.995. The number of aromatic nitrogens is 1. The maximum atomic E-state index is 12.4. The van der Waals surface area contributed by atoms with E-state index < -0.39 is 0 Å². The van der Waals surface area contributed by atoms with Crippen LogP contribution in [0.5, 0.6) is 5.75 Å². The van der Waals surface area contributed by atoms with Crippen LogP contribution in [0.1, 0.15) is 31.3 Å². The van der Waals surface area contributed by atoms with Gasteiger partial charge in [0.1, 0.15) is 11.4 Å². The van der Waals surface area contributed by atoms with E-state index in [1.54, 1.807) is 18.2 Å². The molecule has 0 saturated carbocycles. The number of benzene rings is 1. The summed E-state index contributed by atoms with van der Waals surface area (Å²) in [5.74, 6) is 0.443. The maximum Gasteiger partial charge on any atom is 0.270 e. The molecule has 5 nitrogen and oxygen atoms in total. The summed E-state index contributed by atoms with van der Waals surface area (Å²) in [6.07, 6.45) is 0. The minimum atomic E-state index is -0.204. The molecule has 1 amide bonds. The fourth-order valence-electron chi connectivity index (χ4n) is 2.52. The van der Waals surface area contributed by atoms with E-state index in [0.717, 1.165) is 25.0 Å². The summed E-state index contributed by atoms with van der Waals surface area (Å²) in [6, 6.07) is 7.08. The van der Waals surface area contributed by atoms with Gasteiger partial charge in [-0.25, -0.2) is 4.98 Å². The number of pyridine rings is 1. The van der Waals surface area contributed by atoms with E-state index in [9.17, 15) is 4.79 Å². The van der Waals surface area contributed by atoms with Crippen LogP contribution < -0.4 is 10.1 Å². The Morgan fingerprint density at radius 2 is 1.96 bits per heavy atom. The van der Waals surface area contributed by atoms with Crippen LogP contribution in [0.2, 0.25) is 5.02 Å². The van der Waals surface area contributed by atoms with Crippen molar-refractivity contribution in [1.29, 1.82) is 0 Å². The normalized spacial score (nSPS) is 10.6. The van der Waals surface area contributed by atoms with E-state index in [2.05, 4.69) is 29.0 Å². The average molecular weight is 386 g/mol. The van der Waals surface area contributed by atoms with Gasteiger partial charge in [0.15, 0.2) is 0 Å². The number of carbonyl (C=O) groups excluding carboxylic acids is 1. The SMILES string of the molecule is CCOc1cc(C(=O)NCCN(CC)CC)nc2cc(Cl)ccc12.Cl. The van der Waals surface area contributed by atoms with E-state index in [-0.39, 0.29) is 18.3 Å². The molecule has 0 fully saturated rings. The van der Waals surface area contributed by atoms with Crippen LogP contribution in [-0.2, 0) is 0 Å². The molecule has 0 saturated heterocycles. The number of ether oxygens (including phenoxy) is 1. The van der Waals surface area contributed by atoms with Gasteiger partial charge in [-0.15, -0.1) is 12.4 Å². The van der Waals surface area contributed by atoms with Gasteiger partial charge in [-0.2, -0.15) is 0 Å². The van der Waals surface area contributed by atoms with E-state index in [0.29, 0.717) is 35.1 Å². The Hall–Kier alpha value is -1.56. The Bertz CT molecular complexity index is 706. The molecule has 0 radical (unpaired) electrons. The van der Waals surface area contributed by atoms with Crippen LogP contribution in [0.4, 0.5) is 0 Å². The molecule has 2 aromatic rings. The summed E-state index contributed by atoms with van der Waals surface area (Å²) in [5, 5.41) is 4.34. The highest BCUT2D eigenvalue weighted by molar-refractivity contribution is 6.31. The smallest absolute Gasteiger partial charge is 0.270 e. The molecular formula is C18H25Cl2N3O2. The fourth-order valence-corrected chi connectivity index (χ4v) is 2.69. The van der Waals surface area contributed by atoms with Crippen molar-refractivity contribution in [2.24, 2.45) is 0 Å². The molecule has 0 unspecified atom stereocenters. The van der Waals surface area contributed by atoms with Gasteiger partial charge in [0.05, 0.1) is 12.1 Å². The van der Waals surface area contributed by atoms with Gasteiger partial charge in [0.2, 0.25) is 0 Å². The number of carbonyl (C=O) groups is 1. The van der Waals surface area contributed by atoms with Crippen LogP contribution in [0.25, 0.3) is 10.9 Å². The van der Waals surface area contributed by atoms with Gasteiger partial charge >= 0.3 is 0 Å². The van der Waals surface area contributed by atoms with Crippen LogP contribution in [-0.4, -0.2) is 48.6 Å². The number of nitrogens with one attached hydrogen (secondary N) is 1. The first-order chi connectivity index (χ1) is 11.6. The van der Waals surface area contributed by atoms with Crippen molar-refractivity contribution in [3.8, 4) is 5.75 Å². The molecule has 0 aliphatic carbocycles. The molecule has 0 aliphatic heterocycles. The summed E-state index contributed by atoms with van der Waals surface area (Å²) < 4.78 is 5.66. The summed E-state index contributed by atoms with van der Waals surface area (Å²) in [7, 11) is 0. The number of likely N-dealkylation sites (N-methyl/N-ethyl adjacent to an activating group) is 1. The largest absolute Gasteiger partial charge is 0.493 e. The van der Waals surface area contributed by atoms with Crippen molar-refractivity contribution >= 4 is 40.8 Å². The van der Waals surface area contributed by atoms with Crippen LogP contribution >= 0.6 is 24.0 Å². The third kappa shape index (κ3) is 5.73. The summed E-state index contributed by atoms with van der Waals surface area (Å²) in [4.78, 5) is 19.1. The standard InChI is InChI=1S/C18H24ClN3O2.ClH/c1-4-22(5-2)10-9-20-18(23)16-12-17(24-6-3)14-8-7-13(19)11-15(14)21-16;/h7-8,11-12H,4-6,9-10H2,1-3H3,(H,20,23);1H. The maximum absolute atomic E-state index is 12.4. The summed E-state index contributed by atoms with van der Waals surface area (Å²) in [6.45, 7) is 9.97. The molecule has 0 atom stereocenters. The number of rotatable bonds is 8. The van der Waals surface area contributed by atoms with Crippen molar-refractivity contribution < 1.29 is 9.53 Å². The number of amides is 1. The lowest BCUT2D eigenvalue weighted by atomic mass is 10.1. The number of nitrogens with zero attached hydrogens (tertiary/aromatic N) is 2. The fraction of sp³-hybridized carbons (Fsp3) is 0.444. The third-order valence-electron chi connectivity index (χ3n) is 3.87. The first kappa shape index (κ1) is 21.5. The quantitative estimate of drug-likeness (QED) is 0.750. The number of fused-ring (bicyclic) bond motifs is 1. The molecule has 0 aliphatic rings. The lowest BCUT2D eigenvalue weighted by Crippen LogP contribution is -2.35. The highest BCUT2D eigenvalue weighted by Crippen LogP contribution is 2.27. The van der Waals surface area contributed by atoms with Crippen LogP contribution in [0, 0.1) is 0 Å². The van der Waals surface area contributed by atoms with Crippen LogP contribution in [0.15, 0.2) is 24.3 Å². The minimum absolute atomic E-state index is 0. The van der Waals surface area contributed by atoms with Crippen molar-refractivity contribution in [1.82, 2.24) is 15.2 Å². The molecule has 0 spiro atoms. The summed E-state index contributed by atoms with van der Waals surface area (Å²) >= 11 is 6.04. The van der Waals surface area contributed by atoms with E-state index in [1.807, 2.05) is 13.0 Å². The highest BCUT2D eigenvalue weighted by atomic mass is 35.5. The zero-order valence-corrected chi connectivity index (χ0v) is 16.4. The highest BCUT2D eigenvalue weighted by Gasteiger charge is 2.13. The monoisotopic (exact) mass is 385 g/mol. The second-order valence-corrected chi connectivity index (χ2v) is 5.82. The Kier molecular flexibility index (Phi) is 8.97. The Morgan fingerprint density at radius 3 is 2.60 bits per heavy atom. The van der Waals surface area contributed by atoms with Crippen molar-refractivity contribution in [3.63, 3.8) is 0 Å². The molecule has 1 heterocycles.